The van der Waals surface area contributed by atoms with Gasteiger partial charge in [0, 0.05) is 42.2 Å². The maximum absolute atomic E-state index is 12.1. The number of nitro groups is 1. The molecule has 0 aliphatic carbocycles. The van der Waals surface area contributed by atoms with Gasteiger partial charge in [-0.25, -0.2) is 5.43 Å². The topological polar surface area (TPSA) is 109 Å². The quantitative estimate of drug-likeness (QED) is 0.412. The van der Waals surface area contributed by atoms with Gasteiger partial charge in [0.2, 0.25) is 0 Å². The molecule has 0 saturated carbocycles. The lowest BCUT2D eigenvalue weighted by atomic mass is 10.1. The van der Waals surface area contributed by atoms with E-state index >= 15 is 0 Å². The number of nitrogens with zero attached hydrogens (tertiary/aromatic N) is 3. The Kier molecular flexibility index (Phi) is 6.97. The monoisotopic (exact) mass is 411 g/mol. The van der Waals surface area contributed by atoms with Gasteiger partial charge in [-0.3, -0.25) is 14.9 Å². The summed E-state index contributed by atoms with van der Waals surface area (Å²) in [6, 6.07) is 10.6. The molecule has 3 rings (SSSR count). The van der Waals surface area contributed by atoms with E-state index in [4.69, 9.17) is 4.74 Å². The first-order chi connectivity index (χ1) is 14.4. The van der Waals surface area contributed by atoms with Gasteiger partial charge in [0.25, 0.3) is 11.6 Å². The van der Waals surface area contributed by atoms with Gasteiger partial charge in [0.05, 0.1) is 30.9 Å². The van der Waals surface area contributed by atoms with Crippen molar-refractivity contribution in [3.8, 4) is 0 Å². The molecule has 1 saturated heterocycles. The third kappa shape index (κ3) is 5.54. The summed E-state index contributed by atoms with van der Waals surface area (Å²) in [7, 11) is 0. The van der Waals surface area contributed by atoms with Crippen LogP contribution in [0.3, 0.4) is 0 Å². The fraction of sp³-hybridized carbons (Fsp3) is 0.333. The summed E-state index contributed by atoms with van der Waals surface area (Å²) in [5.41, 5.74) is 6.90. The number of carbonyl (C=O) groups excluding carboxylic acids is 1. The number of amides is 1. The molecule has 0 radical (unpaired) electrons. The molecule has 0 spiro atoms. The summed E-state index contributed by atoms with van der Waals surface area (Å²) in [5.74, 6) is -0.315. The number of hydrazone groups is 1. The van der Waals surface area contributed by atoms with Crippen LogP contribution in [-0.2, 0) is 9.53 Å². The lowest BCUT2D eigenvalue weighted by Gasteiger charge is -2.29. The van der Waals surface area contributed by atoms with Crippen molar-refractivity contribution in [1.82, 2.24) is 5.43 Å². The summed E-state index contributed by atoms with van der Waals surface area (Å²) < 4.78 is 5.37. The fourth-order valence-corrected chi connectivity index (χ4v) is 3.25. The highest BCUT2D eigenvalue weighted by Crippen LogP contribution is 2.25. The number of hydrogen-bond acceptors (Lipinski definition) is 7. The van der Waals surface area contributed by atoms with E-state index in [0.29, 0.717) is 31.9 Å². The first kappa shape index (κ1) is 21.3. The van der Waals surface area contributed by atoms with Gasteiger partial charge < -0.3 is 15.0 Å². The fourth-order valence-electron chi connectivity index (χ4n) is 3.25. The first-order valence-electron chi connectivity index (χ1n) is 9.68. The lowest BCUT2D eigenvalue weighted by molar-refractivity contribution is -0.384. The highest BCUT2D eigenvalue weighted by molar-refractivity contribution is 5.90. The molecule has 0 atom stereocenters. The largest absolute Gasteiger partial charge is 0.378 e. The summed E-state index contributed by atoms with van der Waals surface area (Å²) in [6.45, 7) is 6.60. The summed E-state index contributed by atoms with van der Waals surface area (Å²) >= 11 is 0. The second-order valence-electron chi connectivity index (χ2n) is 7.06. The predicted molar refractivity (Wildman–Crippen MR) is 116 cm³/mol. The van der Waals surface area contributed by atoms with Crippen molar-refractivity contribution in [2.75, 3.05) is 43.1 Å². The molecule has 1 aliphatic heterocycles. The standard InChI is InChI=1S/C21H25N5O4/c1-15-3-5-19(16(2)11-15)22-14-21(27)24-23-13-17-12-18(26(28)29)4-6-20(17)25-7-9-30-10-8-25/h3-6,11-13,22H,7-10,14H2,1-2H3,(H,24,27). The molecule has 0 bridgehead atoms. The van der Waals surface area contributed by atoms with Crippen molar-refractivity contribution in [3.05, 3.63) is 63.2 Å². The van der Waals surface area contributed by atoms with E-state index in [1.54, 1.807) is 6.07 Å². The summed E-state index contributed by atoms with van der Waals surface area (Å²) in [4.78, 5) is 24.9. The van der Waals surface area contributed by atoms with Gasteiger partial charge in [-0.1, -0.05) is 17.7 Å². The van der Waals surface area contributed by atoms with Crippen LogP contribution in [-0.4, -0.2) is 49.9 Å². The highest BCUT2D eigenvalue weighted by atomic mass is 16.6. The Hall–Kier alpha value is -3.46. The molecule has 2 aromatic carbocycles. The maximum Gasteiger partial charge on any atom is 0.270 e. The van der Waals surface area contributed by atoms with Gasteiger partial charge in [-0.2, -0.15) is 5.10 Å². The molecule has 30 heavy (non-hydrogen) atoms. The average Bonchev–Trinajstić information content (AvgIpc) is 2.73. The molecular weight excluding hydrogens is 386 g/mol. The van der Waals surface area contributed by atoms with E-state index in [0.717, 1.165) is 22.5 Å². The van der Waals surface area contributed by atoms with Crippen LogP contribution in [0.2, 0.25) is 0 Å². The Morgan fingerprint density at radius 3 is 2.70 bits per heavy atom. The third-order valence-electron chi connectivity index (χ3n) is 4.79. The molecule has 9 nitrogen and oxygen atoms in total. The molecular formula is C21H25N5O4. The first-order valence-corrected chi connectivity index (χ1v) is 9.68. The van der Waals surface area contributed by atoms with Gasteiger partial charge >= 0.3 is 0 Å². The van der Waals surface area contributed by atoms with E-state index in [1.165, 1.54) is 18.3 Å². The van der Waals surface area contributed by atoms with Crippen LogP contribution in [0.15, 0.2) is 41.5 Å². The zero-order valence-electron chi connectivity index (χ0n) is 17.1. The SMILES string of the molecule is Cc1ccc(NCC(=O)NN=Cc2cc([N+](=O)[O-])ccc2N2CCOCC2)c(C)c1. The summed E-state index contributed by atoms with van der Waals surface area (Å²) in [6.07, 6.45) is 1.44. The number of hydrogen-bond donors (Lipinski definition) is 2. The van der Waals surface area contributed by atoms with Crippen molar-refractivity contribution in [2.45, 2.75) is 13.8 Å². The molecule has 2 aromatic rings. The Balaban J connectivity index is 1.65. The third-order valence-corrected chi connectivity index (χ3v) is 4.79. The molecule has 9 heteroatoms. The number of rotatable bonds is 7. The number of benzene rings is 2. The van der Waals surface area contributed by atoms with Crippen molar-refractivity contribution >= 4 is 29.2 Å². The second kappa shape index (κ2) is 9.84. The van der Waals surface area contributed by atoms with Crippen molar-refractivity contribution in [2.24, 2.45) is 5.10 Å². The number of carbonyl (C=O) groups is 1. The number of anilines is 2. The molecule has 2 N–H and O–H groups in total. The Bertz CT molecular complexity index is 954. The van der Waals surface area contributed by atoms with Crippen molar-refractivity contribution in [1.29, 1.82) is 0 Å². The number of nitrogens with one attached hydrogen (secondary N) is 2. The predicted octanol–water partition coefficient (Wildman–Crippen LogP) is 2.61. The van der Waals surface area contributed by atoms with Gasteiger partial charge in [-0.15, -0.1) is 0 Å². The smallest absolute Gasteiger partial charge is 0.270 e. The number of ether oxygens (including phenoxy) is 1. The zero-order valence-corrected chi connectivity index (χ0v) is 17.1. The van der Waals surface area contributed by atoms with Crippen LogP contribution in [0.25, 0.3) is 0 Å². The van der Waals surface area contributed by atoms with Gasteiger partial charge in [0.1, 0.15) is 0 Å². The van der Waals surface area contributed by atoms with E-state index < -0.39 is 4.92 Å². The number of non-ortho nitro benzene ring substituents is 1. The minimum absolute atomic E-state index is 0.0312. The van der Waals surface area contributed by atoms with Crippen LogP contribution in [0.5, 0.6) is 0 Å². The van der Waals surface area contributed by atoms with E-state index in [-0.39, 0.29) is 18.1 Å². The van der Waals surface area contributed by atoms with Crippen LogP contribution < -0.4 is 15.6 Å². The maximum atomic E-state index is 12.1. The van der Waals surface area contributed by atoms with Crippen molar-refractivity contribution < 1.29 is 14.5 Å². The van der Waals surface area contributed by atoms with E-state index in [9.17, 15) is 14.9 Å². The second-order valence-corrected chi connectivity index (χ2v) is 7.06. The molecule has 158 valence electrons. The Morgan fingerprint density at radius 2 is 2.00 bits per heavy atom. The highest BCUT2D eigenvalue weighted by Gasteiger charge is 2.17. The normalized spacial score (nSPS) is 14.0. The van der Waals surface area contributed by atoms with Crippen LogP contribution in [0.4, 0.5) is 17.1 Å². The molecule has 1 amide bonds. The minimum Gasteiger partial charge on any atom is -0.378 e. The number of aryl methyl sites for hydroxylation is 2. The zero-order chi connectivity index (χ0) is 21.5. The van der Waals surface area contributed by atoms with Gasteiger partial charge in [-0.05, 0) is 31.5 Å². The minimum atomic E-state index is -0.452. The lowest BCUT2D eigenvalue weighted by Crippen LogP contribution is -2.36. The molecule has 1 heterocycles. The summed E-state index contributed by atoms with van der Waals surface area (Å²) in [5, 5.41) is 18.2. The number of nitro benzene ring substituents is 1. The molecule has 0 unspecified atom stereocenters. The van der Waals surface area contributed by atoms with Crippen LogP contribution >= 0.6 is 0 Å². The number of morpholine rings is 1. The Morgan fingerprint density at radius 1 is 1.23 bits per heavy atom. The molecule has 1 aliphatic rings. The average molecular weight is 411 g/mol. The van der Waals surface area contributed by atoms with Gasteiger partial charge in [0.15, 0.2) is 0 Å². The molecule has 0 aromatic heterocycles. The Labute approximate surface area is 174 Å². The van der Waals surface area contributed by atoms with E-state index in [1.807, 2.05) is 32.0 Å². The van der Waals surface area contributed by atoms with Crippen LogP contribution in [0.1, 0.15) is 16.7 Å². The van der Waals surface area contributed by atoms with Crippen LogP contribution in [0, 0.1) is 24.0 Å². The van der Waals surface area contributed by atoms with Crippen molar-refractivity contribution in [3.63, 3.8) is 0 Å². The van der Waals surface area contributed by atoms with E-state index in [2.05, 4.69) is 20.7 Å². The molecule has 1 fully saturated rings.